The van der Waals surface area contributed by atoms with Crippen LogP contribution in [0.5, 0.6) is 0 Å². The van der Waals surface area contributed by atoms with E-state index in [0.717, 1.165) is 12.1 Å². The number of anilines is 1. The number of hydrogen-bond donors (Lipinski definition) is 3. The maximum atomic E-state index is 12.5. The molecule has 0 amide bonds. The second kappa shape index (κ2) is 5.83. The molecule has 20 heavy (non-hydrogen) atoms. The van der Waals surface area contributed by atoms with Crippen LogP contribution < -0.4 is 5.32 Å². The molecule has 3 N–H and O–H groups in total. The molecule has 0 spiro atoms. The topological polar surface area (TPSA) is 86.6 Å². The summed E-state index contributed by atoms with van der Waals surface area (Å²) in [4.78, 5) is 21.1. The van der Waals surface area contributed by atoms with Crippen molar-refractivity contribution in [1.82, 2.24) is 0 Å². The number of carboxylic acids is 2. The van der Waals surface area contributed by atoms with Crippen molar-refractivity contribution in [3.63, 3.8) is 0 Å². The third-order valence-electron chi connectivity index (χ3n) is 2.13. The molecule has 0 aliphatic heterocycles. The highest BCUT2D eigenvalue weighted by Gasteiger charge is 2.31. The molecule has 0 radical (unpaired) electrons. The zero-order chi connectivity index (χ0) is 15.5. The summed E-state index contributed by atoms with van der Waals surface area (Å²) in [5.41, 5.74) is -2.31. The van der Waals surface area contributed by atoms with Crippen molar-refractivity contribution < 1.29 is 33.0 Å². The average Bonchev–Trinajstić information content (AvgIpc) is 2.29. The van der Waals surface area contributed by atoms with E-state index in [0.29, 0.717) is 12.3 Å². The van der Waals surface area contributed by atoms with Crippen molar-refractivity contribution in [2.24, 2.45) is 0 Å². The van der Waals surface area contributed by atoms with Gasteiger partial charge in [0.15, 0.2) is 5.57 Å². The Bertz CT molecular complexity index is 568. The normalized spacial score (nSPS) is 10.8. The second-order valence-electron chi connectivity index (χ2n) is 3.51. The van der Waals surface area contributed by atoms with Gasteiger partial charge in [-0.1, -0.05) is 11.6 Å². The number of benzene rings is 1. The minimum atomic E-state index is -4.60. The van der Waals surface area contributed by atoms with Crippen LogP contribution in [-0.4, -0.2) is 22.2 Å². The van der Waals surface area contributed by atoms with E-state index in [9.17, 15) is 22.8 Å². The van der Waals surface area contributed by atoms with Crippen LogP contribution in [0.2, 0.25) is 5.02 Å². The SMILES string of the molecule is O=C(O)C(=CNc1cc(C(F)(F)F)ccc1Cl)C(=O)O. The largest absolute Gasteiger partial charge is 0.477 e. The van der Waals surface area contributed by atoms with Crippen LogP contribution in [-0.2, 0) is 15.8 Å². The zero-order valence-corrected chi connectivity index (χ0v) is 10.3. The molecule has 0 aliphatic carbocycles. The highest BCUT2D eigenvalue weighted by molar-refractivity contribution is 6.33. The number of aliphatic carboxylic acids is 2. The molecule has 1 rings (SSSR count). The van der Waals surface area contributed by atoms with Gasteiger partial charge in [-0.15, -0.1) is 0 Å². The van der Waals surface area contributed by atoms with Crippen LogP contribution in [0.25, 0.3) is 0 Å². The van der Waals surface area contributed by atoms with E-state index < -0.39 is 29.3 Å². The zero-order valence-electron chi connectivity index (χ0n) is 9.53. The summed E-state index contributed by atoms with van der Waals surface area (Å²) in [6, 6.07) is 2.34. The molecular formula is C11H7ClF3NO4. The van der Waals surface area contributed by atoms with E-state index in [1.807, 2.05) is 0 Å². The lowest BCUT2D eigenvalue weighted by molar-refractivity contribution is -0.140. The van der Waals surface area contributed by atoms with Crippen LogP contribution in [0.4, 0.5) is 18.9 Å². The Balaban J connectivity index is 3.12. The minimum absolute atomic E-state index is 0.121. The number of carbonyl (C=O) groups is 2. The molecule has 5 nitrogen and oxygen atoms in total. The average molecular weight is 310 g/mol. The van der Waals surface area contributed by atoms with Crippen molar-refractivity contribution in [2.75, 3.05) is 5.32 Å². The van der Waals surface area contributed by atoms with Crippen LogP contribution in [0.3, 0.4) is 0 Å². The van der Waals surface area contributed by atoms with Crippen molar-refractivity contribution >= 4 is 29.2 Å². The number of rotatable bonds is 4. The van der Waals surface area contributed by atoms with Gasteiger partial charge in [0.05, 0.1) is 16.3 Å². The molecule has 0 aliphatic rings. The van der Waals surface area contributed by atoms with E-state index in [1.165, 1.54) is 0 Å². The minimum Gasteiger partial charge on any atom is -0.477 e. The van der Waals surface area contributed by atoms with Gasteiger partial charge in [-0.05, 0) is 18.2 Å². The molecule has 9 heteroatoms. The summed E-state index contributed by atoms with van der Waals surface area (Å²) < 4.78 is 37.4. The predicted octanol–water partition coefficient (Wildman–Crippen LogP) is 2.82. The molecule has 0 aromatic heterocycles. The smallest absolute Gasteiger partial charge is 0.416 e. The quantitative estimate of drug-likeness (QED) is 0.452. The summed E-state index contributed by atoms with van der Waals surface area (Å²) >= 11 is 5.63. The van der Waals surface area contributed by atoms with Gasteiger partial charge >= 0.3 is 18.1 Å². The van der Waals surface area contributed by atoms with Gasteiger partial charge < -0.3 is 15.5 Å². The Morgan fingerprint density at radius 1 is 1.20 bits per heavy atom. The number of nitrogens with one attached hydrogen (secondary N) is 1. The summed E-state index contributed by atoms with van der Waals surface area (Å²) in [5.74, 6) is -3.49. The predicted molar refractivity (Wildman–Crippen MR) is 63.4 cm³/mol. The highest BCUT2D eigenvalue weighted by atomic mass is 35.5. The molecule has 0 fully saturated rings. The second-order valence-corrected chi connectivity index (χ2v) is 3.91. The van der Waals surface area contributed by atoms with Crippen LogP contribution in [0, 0.1) is 0 Å². The van der Waals surface area contributed by atoms with Crippen molar-refractivity contribution in [3.05, 3.63) is 40.6 Å². The molecule has 0 saturated heterocycles. The van der Waals surface area contributed by atoms with Gasteiger partial charge in [0.1, 0.15) is 0 Å². The first kappa shape index (κ1) is 15.8. The van der Waals surface area contributed by atoms with E-state index in [4.69, 9.17) is 21.8 Å². The van der Waals surface area contributed by atoms with Gasteiger partial charge in [0, 0.05) is 6.20 Å². The fourth-order valence-corrected chi connectivity index (χ4v) is 1.35. The lowest BCUT2D eigenvalue weighted by Gasteiger charge is -2.10. The third-order valence-corrected chi connectivity index (χ3v) is 2.46. The number of hydrogen-bond acceptors (Lipinski definition) is 3. The van der Waals surface area contributed by atoms with E-state index in [-0.39, 0.29) is 10.7 Å². The molecule has 0 unspecified atom stereocenters. The van der Waals surface area contributed by atoms with Crippen molar-refractivity contribution in [2.45, 2.75) is 6.18 Å². The Morgan fingerprint density at radius 2 is 1.75 bits per heavy atom. The third kappa shape index (κ3) is 3.89. The van der Waals surface area contributed by atoms with Gasteiger partial charge in [-0.2, -0.15) is 13.2 Å². The molecule has 0 saturated carbocycles. The lowest BCUT2D eigenvalue weighted by atomic mass is 10.2. The number of alkyl halides is 3. The standard InChI is InChI=1S/C11H7ClF3NO4/c12-7-2-1-5(11(13,14)15)3-8(7)16-4-6(9(17)18)10(19)20/h1-4,16H,(H,17,18)(H,19,20). The van der Waals surface area contributed by atoms with Crippen LogP contribution >= 0.6 is 11.6 Å². The monoisotopic (exact) mass is 309 g/mol. The van der Waals surface area contributed by atoms with Crippen LogP contribution in [0.15, 0.2) is 30.0 Å². The molecule has 0 bridgehead atoms. The van der Waals surface area contributed by atoms with Gasteiger partial charge in [-0.3, -0.25) is 0 Å². The fourth-order valence-electron chi connectivity index (χ4n) is 1.18. The molecular weight excluding hydrogens is 303 g/mol. The van der Waals surface area contributed by atoms with E-state index in [2.05, 4.69) is 5.32 Å². The summed E-state index contributed by atoms with van der Waals surface area (Å²) in [5, 5.41) is 19.2. The van der Waals surface area contributed by atoms with Crippen molar-refractivity contribution in [1.29, 1.82) is 0 Å². The Morgan fingerprint density at radius 3 is 2.20 bits per heavy atom. The van der Waals surface area contributed by atoms with Gasteiger partial charge in [0.2, 0.25) is 0 Å². The maximum Gasteiger partial charge on any atom is 0.416 e. The lowest BCUT2D eigenvalue weighted by Crippen LogP contribution is -2.13. The molecule has 0 atom stereocenters. The maximum absolute atomic E-state index is 12.5. The Kier molecular flexibility index (Phi) is 4.61. The van der Waals surface area contributed by atoms with E-state index >= 15 is 0 Å². The van der Waals surface area contributed by atoms with Gasteiger partial charge in [0.25, 0.3) is 0 Å². The Hall–Kier alpha value is -2.22. The fraction of sp³-hybridized carbons (Fsp3) is 0.0909. The first-order valence-corrected chi connectivity index (χ1v) is 5.30. The molecule has 1 aromatic carbocycles. The van der Waals surface area contributed by atoms with Gasteiger partial charge in [-0.25, -0.2) is 9.59 Å². The van der Waals surface area contributed by atoms with Crippen molar-refractivity contribution in [3.8, 4) is 0 Å². The Labute approximate surface area is 115 Å². The summed E-state index contributed by atoms with van der Waals surface area (Å²) in [7, 11) is 0. The molecule has 0 heterocycles. The summed E-state index contributed by atoms with van der Waals surface area (Å²) in [6.45, 7) is 0. The first-order chi connectivity index (χ1) is 9.12. The highest BCUT2D eigenvalue weighted by Crippen LogP contribution is 2.33. The molecule has 108 valence electrons. The molecule has 1 aromatic rings. The number of carboxylic acid groups (broad SMARTS) is 2. The first-order valence-electron chi connectivity index (χ1n) is 4.93. The van der Waals surface area contributed by atoms with E-state index in [1.54, 1.807) is 0 Å². The van der Waals surface area contributed by atoms with Crippen LogP contribution in [0.1, 0.15) is 5.56 Å². The number of halogens is 4. The summed E-state index contributed by atoms with van der Waals surface area (Å²) in [6.07, 6.45) is -4.06.